The Bertz CT molecular complexity index is 1250. The van der Waals surface area contributed by atoms with Gasteiger partial charge in [-0.25, -0.2) is 4.79 Å². The quantitative estimate of drug-likeness (QED) is 0.184. The van der Waals surface area contributed by atoms with E-state index in [-0.39, 0.29) is 13.2 Å². The number of rotatable bonds is 12. The van der Waals surface area contributed by atoms with Crippen molar-refractivity contribution in [1.82, 2.24) is 0 Å². The lowest BCUT2D eigenvalue weighted by molar-refractivity contribution is 0.0305. The predicted molar refractivity (Wildman–Crippen MR) is 146 cm³/mol. The summed E-state index contributed by atoms with van der Waals surface area (Å²) in [6, 6.07) is 30.6. The topological polar surface area (TPSA) is 76.0 Å². The molecule has 0 aliphatic carbocycles. The molecule has 0 bridgehead atoms. The van der Waals surface area contributed by atoms with E-state index in [1.54, 1.807) is 23.9 Å². The van der Waals surface area contributed by atoms with Crippen LogP contribution in [0, 0.1) is 0 Å². The summed E-state index contributed by atoms with van der Waals surface area (Å²) in [7, 11) is 0. The largest absolute Gasteiger partial charge is 0.491 e. The van der Waals surface area contributed by atoms with Crippen LogP contribution in [0.5, 0.6) is 5.75 Å². The smallest absolute Gasteiger partial charge is 0.338 e. The summed E-state index contributed by atoms with van der Waals surface area (Å²) in [5.41, 5.74) is 0.424. The highest BCUT2D eigenvalue weighted by molar-refractivity contribution is 7.99. The highest BCUT2D eigenvalue weighted by atomic mass is 32.2. The third-order valence-corrected chi connectivity index (χ3v) is 7.58. The zero-order chi connectivity index (χ0) is 25.2. The molecule has 0 saturated carbocycles. The van der Waals surface area contributed by atoms with E-state index in [9.17, 15) is 15.0 Å². The van der Waals surface area contributed by atoms with Crippen LogP contribution < -0.4 is 4.74 Å². The number of hydrogen-bond acceptors (Lipinski definition) is 7. The summed E-state index contributed by atoms with van der Waals surface area (Å²) in [6.45, 7) is 0.134. The molecule has 0 aliphatic rings. The van der Waals surface area contributed by atoms with E-state index in [4.69, 9.17) is 9.47 Å². The Morgan fingerprint density at radius 3 is 1.89 bits per heavy atom. The summed E-state index contributed by atoms with van der Waals surface area (Å²) in [4.78, 5) is 14.6. The van der Waals surface area contributed by atoms with Crippen molar-refractivity contribution in [2.24, 2.45) is 0 Å². The monoisotopic (exact) mass is 520 g/mol. The van der Waals surface area contributed by atoms with Gasteiger partial charge < -0.3 is 19.7 Å². The Labute approximate surface area is 219 Å². The van der Waals surface area contributed by atoms with Crippen molar-refractivity contribution >= 4 is 40.3 Å². The number of carbonyl (C=O) groups excluding carboxylic acids is 1. The van der Waals surface area contributed by atoms with Crippen molar-refractivity contribution in [2.45, 2.75) is 22.0 Å². The number of fused-ring (bicyclic) bond motifs is 1. The molecule has 0 amide bonds. The first-order valence-electron chi connectivity index (χ1n) is 11.6. The van der Waals surface area contributed by atoms with Gasteiger partial charge in [-0.2, -0.15) is 0 Å². The molecule has 36 heavy (non-hydrogen) atoms. The van der Waals surface area contributed by atoms with Crippen molar-refractivity contribution in [1.29, 1.82) is 0 Å². The van der Waals surface area contributed by atoms with Crippen LogP contribution in [0.1, 0.15) is 10.4 Å². The van der Waals surface area contributed by atoms with Gasteiger partial charge in [0.1, 0.15) is 19.0 Å². The molecule has 0 aromatic heterocycles. The maximum absolute atomic E-state index is 12.5. The fourth-order valence-corrected chi connectivity index (χ4v) is 5.06. The molecule has 0 fully saturated rings. The minimum atomic E-state index is -0.749. The minimum absolute atomic E-state index is 0.0611. The summed E-state index contributed by atoms with van der Waals surface area (Å²) in [5, 5.41) is 22.2. The molecule has 4 aromatic rings. The second-order valence-corrected chi connectivity index (χ2v) is 10.4. The van der Waals surface area contributed by atoms with Crippen LogP contribution >= 0.6 is 23.5 Å². The fourth-order valence-electron chi connectivity index (χ4n) is 3.40. The van der Waals surface area contributed by atoms with Crippen molar-refractivity contribution in [3.05, 3.63) is 103 Å². The molecule has 2 N–H and O–H groups in total. The second kappa shape index (κ2) is 13.4. The lowest BCUT2D eigenvalue weighted by Crippen LogP contribution is -2.20. The lowest BCUT2D eigenvalue weighted by Gasteiger charge is -2.13. The number of aliphatic hydroxyl groups excluding tert-OH is 2. The van der Waals surface area contributed by atoms with Crippen LogP contribution in [0.15, 0.2) is 107 Å². The maximum Gasteiger partial charge on any atom is 0.338 e. The fraction of sp³-hybridized carbons (Fsp3) is 0.207. The maximum atomic E-state index is 12.5. The van der Waals surface area contributed by atoms with Gasteiger partial charge in [0.25, 0.3) is 0 Å². The van der Waals surface area contributed by atoms with Gasteiger partial charge in [0.15, 0.2) is 0 Å². The van der Waals surface area contributed by atoms with Crippen molar-refractivity contribution in [2.75, 3.05) is 24.7 Å². The third-order valence-electron chi connectivity index (χ3n) is 5.27. The van der Waals surface area contributed by atoms with E-state index in [0.717, 1.165) is 20.6 Å². The lowest BCUT2D eigenvalue weighted by atomic mass is 10.1. The number of benzene rings is 4. The first-order valence-corrected chi connectivity index (χ1v) is 13.6. The molecule has 7 heteroatoms. The van der Waals surface area contributed by atoms with Crippen LogP contribution in [0.3, 0.4) is 0 Å². The first-order chi connectivity index (χ1) is 17.6. The average Bonchev–Trinajstić information content (AvgIpc) is 2.93. The minimum Gasteiger partial charge on any atom is -0.491 e. The first kappa shape index (κ1) is 26.1. The van der Waals surface area contributed by atoms with Crippen LogP contribution in [0.4, 0.5) is 0 Å². The van der Waals surface area contributed by atoms with E-state index < -0.39 is 18.2 Å². The van der Waals surface area contributed by atoms with E-state index in [0.29, 0.717) is 22.8 Å². The summed E-state index contributed by atoms with van der Waals surface area (Å²) in [6.07, 6.45) is -1.34. The normalized spacial score (nSPS) is 12.7. The van der Waals surface area contributed by atoms with Gasteiger partial charge >= 0.3 is 5.97 Å². The standard InChI is InChI=1S/C29H28O5S2/c30-24(19-35-27-7-3-1-4-8-27)17-33-26-14-13-21-15-23(12-11-22(21)16-26)29(32)34-18-25(31)20-36-28-9-5-2-6-10-28/h1-16,24-25,30-31H,17-20H2. The van der Waals surface area contributed by atoms with Crippen LogP contribution in [-0.2, 0) is 4.74 Å². The van der Waals surface area contributed by atoms with Gasteiger partial charge in [0, 0.05) is 21.3 Å². The Morgan fingerprint density at radius 1 is 0.694 bits per heavy atom. The SMILES string of the molecule is O=C(OCC(O)CSc1ccccc1)c1ccc2cc(OCC(O)CSc3ccccc3)ccc2c1. The van der Waals surface area contributed by atoms with E-state index in [1.807, 2.05) is 84.9 Å². The molecule has 0 radical (unpaired) electrons. The molecule has 2 unspecified atom stereocenters. The summed E-state index contributed by atoms with van der Waals surface area (Å²) < 4.78 is 11.1. The highest BCUT2D eigenvalue weighted by Gasteiger charge is 2.13. The predicted octanol–water partition coefficient (Wildman–Crippen LogP) is 5.68. The third kappa shape index (κ3) is 8.03. The number of esters is 1. The number of thioether (sulfide) groups is 2. The van der Waals surface area contributed by atoms with Crippen LogP contribution in [0.25, 0.3) is 10.8 Å². The van der Waals surface area contributed by atoms with Crippen LogP contribution in [-0.4, -0.2) is 53.1 Å². The van der Waals surface area contributed by atoms with Crippen molar-refractivity contribution in [3.8, 4) is 5.75 Å². The summed E-state index contributed by atoms with van der Waals surface area (Å²) >= 11 is 3.10. The Hall–Kier alpha value is -2.97. The molecule has 4 rings (SSSR count). The molecule has 0 spiro atoms. The molecule has 4 aromatic carbocycles. The zero-order valence-corrected chi connectivity index (χ0v) is 21.3. The van der Waals surface area contributed by atoms with E-state index in [1.165, 1.54) is 11.8 Å². The van der Waals surface area contributed by atoms with Crippen molar-refractivity contribution in [3.63, 3.8) is 0 Å². The number of carbonyl (C=O) groups is 1. The molecular formula is C29H28O5S2. The van der Waals surface area contributed by atoms with Gasteiger partial charge in [0.2, 0.25) is 0 Å². The average molecular weight is 521 g/mol. The van der Waals surface area contributed by atoms with Gasteiger partial charge in [-0.3, -0.25) is 0 Å². The molecule has 2 atom stereocenters. The number of aliphatic hydroxyl groups is 2. The Kier molecular flexibility index (Phi) is 9.69. The van der Waals surface area contributed by atoms with Gasteiger partial charge in [-0.15, -0.1) is 23.5 Å². The van der Waals surface area contributed by atoms with Gasteiger partial charge in [-0.1, -0.05) is 48.5 Å². The second-order valence-electron chi connectivity index (χ2n) is 8.19. The molecule has 0 aliphatic heterocycles. The Morgan fingerprint density at radius 2 is 1.25 bits per heavy atom. The number of hydrogen-bond donors (Lipinski definition) is 2. The molecule has 186 valence electrons. The van der Waals surface area contributed by atoms with Gasteiger partial charge in [-0.05, 0) is 59.3 Å². The number of ether oxygens (including phenoxy) is 2. The molecule has 5 nitrogen and oxygen atoms in total. The summed E-state index contributed by atoms with van der Waals surface area (Å²) in [5.74, 6) is 1.17. The van der Waals surface area contributed by atoms with Crippen molar-refractivity contribution < 1.29 is 24.5 Å². The Balaban J connectivity index is 1.24. The van der Waals surface area contributed by atoms with E-state index >= 15 is 0 Å². The molecule has 0 heterocycles. The van der Waals surface area contributed by atoms with Crippen LogP contribution in [0.2, 0.25) is 0 Å². The highest BCUT2D eigenvalue weighted by Crippen LogP contribution is 2.24. The zero-order valence-electron chi connectivity index (χ0n) is 19.7. The molecular weight excluding hydrogens is 492 g/mol. The molecule has 0 saturated heterocycles. The van der Waals surface area contributed by atoms with Gasteiger partial charge in [0.05, 0.1) is 17.8 Å². The van der Waals surface area contributed by atoms with E-state index in [2.05, 4.69) is 0 Å².